The van der Waals surface area contributed by atoms with Crippen molar-refractivity contribution in [1.82, 2.24) is 9.97 Å². The van der Waals surface area contributed by atoms with E-state index in [0.717, 1.165) is 18.3 Å². The summed E-state index contributed by atoms with van der Waals surface area (Å²) in [5.41, 5.74) is -0.895. The van der Waals surface area contributed by atoms with E-state index in [1.165, 1.54) is 18.3 Å². The van der Waals surface area contributed by atoms with Crippen LogP contribution in [0, 0.1) is 0 Å². The molecule has 6 nitrogen and oxygen atoms in total. The van der Waals surface area contributed by atoms with Crippen molar-refractivity contribution < 1.29 is 27.8 Å². The molecule has 1 aromatic carbocycles. The second-order valence-electron chi connectivity index (χ2n) is 4.86. The van der Waals surface area contributed by atoms with Gasteiger partial charge in [-0.2, -0.15) is 13.2 Å². The van der Waals surface area contributed by atoms with Gasteiger partial charge in [-0.25, -0.2) is 14.8 Å². The lowest BCUT2D eigenvalue weighted by atomic mass is 10.2. The molecule has 1 N–H and O–H groups in total. The van der Waals surface area contributed by atoms with Gasteiger partial charge >= 0.3 is 12.1 Å². The first kappa shape index (κ1) is 17.5. The van der Waals surface area contributed by atoms with E-state index < -0.39 is 17.7 Å². The molecule has 0 saturated carbocycles. The normalized spacial score (nSPS) is 11.2. The van der Waals surface area contributed by atoms with Crippen LogP contribution in [0.3, 0.4) is 0 Å². The minimum absolute atomic E-state index is 0.159. The van der Waals surface area contributed by atoms with Gasteiger partial charge in [0.2, 0.25) is 0 Å². The molecule has 1 heterocycles. The number of carboxylic acids is 1. The van der Waals surface area contributed by atoms with Gasteiger partial charge in [0.25, 0.3) is 0 Å². The Morgan fingerprint density at radius 2 is 1.88 bits per heavy atom. The van der Waals surface area contributed by atoms with Gasteiger partial charge < -0.3 is 14.7 Å². The number of carbonyl (C=O) groups is 1. The molecule has 9 heteroatoms. The van der Waals surface area contributed by atoms with Crippen LogP contribution in [0.1, 0.15) is 16.1 Å². The van der Waals surface area contributed by atoms with Crippen molar-refractivity contribution in [2.45, 2.75) is 6.18 Å². The number of hydrogen-bond donors (Lipinski definition) is 1. The zero-order valence-corrected chi connectivity index (χ0v) is 12.6. The van der Waals surface area contributed by atoms with Crippen LogP contribution in [0.5, 0.6) is 5.75 Å². The Balaban J connectivity index is 1.86. The molecule has 0 atom stereocenters. The molecule has 0 aliphatic carbocycles. The second-order valence-corrected chi connectivity index (χ2v) is 4.86. The number of ether oxygens (including phenoxy) is 1. The average Bonchev–Trinajstić information content (AvgIpc) is 2.54. The molecule has 0 amide bonds. The molecular weight excluding hydrogens is 327 g/mol. The third-order valence-electron chi connectivity index (χ3n) is 3.13. The predicted molar refractivity (Wildman–Crippen MR) is 79.2 cm³/mol. The summed E-state index contributed by atoms with van der Waals surface area (Å²) in [5, 5.41) is 8.75. The van der Waals surface area contributed by atoms with E-state index >= 15 is 0 Å². The first-order chi connectivity index (χ1) is 11.3. The Morgan fingerprint density at radius 1 is 1.21 bits per heavy atom. The number of aromatic carboxylic acids is 1. The number of carboxylic acid groups (broad SMARTS) is 1. The molecule has 128 valence electrons. The number of nitrogens with zero attached hydrogens (tertiary/aromatic N) is 3. The molecule has 0 unspecified atom stereocenters. The minimum atomic E-state index is -4.38. The molecule has 0 bridgehead atoms. The van der Waals surface area contributed by atoms with Gasteiger partial charge in [0.1, 0.15) is 18.2 Å². The SMILES string of the molecule is CN(CCOc1ccc(C(F)(F)F)cc1)c1cnc(C(=O)O)cn1. The van der Waals surface area contributed by atoms with E-state index in [1.807, 2.05) is 0 Å². The highest BCUT2D eigenvalue weighted by Gasteiger charge is 2.29. The maximum Gasteiger partial charge on any atom is 0.416 e. The lowest BCUT2D eigenvalue weighted by Crippen LogP contribution is -2.25. The summed E-state index contributed by atoms with van der Waals surface area (Å²) in [6.07, 6.45) is -1.91. The summed E-state index contributed by atoms with van der Waals surface area (Å²) in [6, 6.07) is 4.42. The van der Waals surface area contributed by atoms with Crippen molar-refractivity contribution in [3.05, 3.63) is 47.9 Å². The number of alkyl halides is 3. The predicted octanol–water partition coefficient (Wildman–Crippen LogP) is 2.71. The lowest BCUT2D eigenvalue weighted by molar-refractivity contribution is -0.137. The molecular formula is C15H14F3N3O3. The first-order valence-electron chi connectivity index (χ1n) is 6.84. The molecule has 2 rings (SSSR count). The Labute approximate surface area is 135 Å². The van der Waals surface area contributed by atoms with E-state index in [4.69, 9.17) is 9.84 Å². The van der Waals surface area contributed by atoms with Crippen LogP contribution in [0.4, 0.5) is 19.0 Å². The van der Waals surface area contributed by atoms with Crippen molar-refractivity contribution >= 4 is 11.8 Å². The molecule has 24 heavy (non-hydrogen) atoms. The summed E-state index contributed by atoms with van der Waals surface area (Å²) in [4.78, 5) is 20.1. The molecule has 0 aliphatic rings. The molecule has 0 radical (unpaired) electrons. The van der Waals surface area contributed by atoms with E-state index in [0.29, 0.717) is 18.1 Å². The fourth-order valence-corrected chi connectivity index (χ4v) is 1.78. The Hall–Kier alpha value is -2.84. The molecule has 1 aromatic heterocycles. The number of hydrogen-bond acceptors (Lipinski definition) is 5. The highest BCUT2D eigenvalue weighted by molar-refractivity contribution is 5.84. The van der Waals surface area contributed by atoms with Crippen LogP contribution in [-0.4, -0.2) is 41.2 Å². The van der Waals surface area contributed by atoms with E-state index in [1.54, 1.807) is 11.9 Å². The lowest BCUT2D eigenvalue weighted by Gasteiger charge is -2.18. The Morgan fingerprint density at radius 3 is 2.38 bits per heavy atom. The number of anilines is 1. The van der Waals surface area contributed by atoms with Crippen LogP contribution in [0.15, 0.2) is 36.7 Å². The number of likely N-dealkylation sites (N-methyl/N-ethyl adjacent to an activating group) is 1. The van der Waals surface area contributed by atoms with Crippen molar-refractivity contribution in [2.75, 3.05) is 25.1 Å². The average molecular weight is 341 g/mol. The second kappa shape index (κ2) is 7.16. The van der Waals surface area contributed by atoms with Gasteiger partial charge in [0, 0.05) is 7.05 Å². The summed E-state index contributed by atoms with van der Waals surface area (Å²) in [7, 11) is 1.71. The highest BCUT2D eigenvalue weighted by atomic mass is 19.4. The molecule has 2 aromatic rings. The van der Waals surface area contributed by atoms with Gasteiger partial charge in [0.15, 0.2) is 5.69 Å². The van der Waals surface area contributed by atoms with Gasteiger partial charge in [-0.3, -0.25) is 0 Å². The smallest absolute Gasteiger partial charge is 0.416 e. The standard InChI is InChI=1S/C15H14F3N3O3/c1-21(13-9-19-12(8-20-13)14(22)23)6-7-24-11-4-2-10(3-5-11)15(16,17)18/h2-5,8-9H,6-7H2,1H3,(H,22,23). The quantitative estimate of drug-likeness (QED) is 0.871. The van der Waals surface area contributed by atoms with Gasteiger partial charge in [-0.05, 0) is 24.3 Å². The maximum absolute atomic E-state index is 12.4. The van der Waals surface area contributed by atoms with Crippen LogP contribution in [0.25, 0.3) is 0 Å². The van der Waals surface area contributed by atoms with Crippen molar-refractivity contribution in [2.24, 2.45) is 0 Å². The van der Waals surface area contributed by atoms with Crippen molar-refractivity contribution in [3.8, 4) is 5.75 Å². The van der Waals surface area contributed by atoms with Crippen LogP contribution in [0.2, 0.25) is 0 Å². The largest absolute Gasteiger partial charge is 0.492 e. The number of halogens is 3. The topological polar surface area (TPSA) is 75.5 Å². The Kier molecular flexibility index (Phi) is 5.22. The molecule has 0 fully saturated rings. The summed E-state index contributed by atoms with van der Waals surface area (Å²) < 4.78 is 42.7. The zero-order chi connectivity index (χ0) is 17.7. The fourth-order valence-electron chi connectivity index (χ4n) is 1.78. The van der Waals surface area contributed by atoms with Gasteiger partial charge in [-0.1, -0.05) is 0 Å². The number of benzene rings is 1. The first-order valence-corrected chi connectivity index (χ1v) is 6.84. The summed E-state index contributed by atoms with van der Waals surface area (Å²) in [6.45, 7) is 0.604. The van der Waals surface area contributed by atoms with Crippen molar-refractivity contribution in [3.63, 3.8) is 0 Å². The van der Waals surface area contributed by atoms with Crippen molar-refractivity contribution in [1.29, 1.82) is 0 Å². The molecule has 0 saturated heterocycles. The monoisotopic (exact) mass is 341 g/mol. The summed E-state index contributed by atoms with van der Waals surface area (Å²) >= 11 is 0. The minimum Gasteiger partial charge on any atom is -0.492 e. The highest BCUT2D eigenvalue weighted by Crippen LogP contribution is 2.30. The van der Waals surface area contributed by atoms with E-state index in [9.17, 15) is 18.0 Å². The van der Waals surface area contributed by atoms with Crippen LogP contribution >= 0.6 is 0 Å². The molecule has 0 aliphatic heterocycles. The van der Waals surface area contributed by atoms with Crippen LogP contribution < -0.4 is 9.64 Å². The van der Waals surface area contributed by atoms with Crippen LogP contribution in [-0.2, 0) is 6.18 Å². The fraction of sp³-hybridized carbons (Fsp3) is 0.267. The number of rotatable bonds is 6. The molecule has 0 spiro atoms. The van der Waals surface area contributed by atoms with E-state index in [-0.39, 0.29) is 12.3 Å². The summed E-state index contributed by atoms with van der Waals surface area (Å²) in [5.74, 6) is -0.387. The van der Waals surface area contributed by atoms with E-state index in [2.05, 4.69) is 9.97 Å². The third kappa shape index (κ3) is 4.58. The van der Waals surface area contributed by atoms with Gasteiger partial charge in [0.05, 0.1) is 24.5 Å². The number of aromatic nitrogens is 2. The zero-order valence-electron chi connectivity index (χ0n) is 12.6. The Bertz CT molecular complexity index is 688. The maximum atomic E-state index is 12.4. The third-order valence-corrected chi connectivity index (χ3v) is 3.13. The van der Waals surface area contributed by atoms with Gasteiger partial charge in [-0.15, -0.1) is 0 Å².